The Bertz CT molecular complexity index is 1090. The van der Waals surface area contributed by atoms with Crippen molar-refractivity contribution in [1.29, 1.82) is 0 Å². The summed E-state index contributed by atoms with van der Waals surface area (Å²) in [6.07, 6.45) is 2.48. The summed E-state index contributed by atoms with van der Waals surface area (Å²) in [7, 11) is 3.23. The van der Waals surface area contributed by atoms with Gasteiger partial charge in [0.25, 0.3) is 0 Å². The van der Waals surface area contributed by atoms with Gasteiger partial charge >= 0.3 is 5.97 Å². The average Bonchev–Trinajstić information content (AvgIpc) is 3.09. The molecule has 0 spiro atoms. The molecule has 7 heteroatoms. The van der Waals surface area contributed by atoms with Crippen molar-refractivity contribution in [2.75, 3.05) is 27.4 Å². The average molecular weight is 430 g/mol. The number of methoxy groups -OCH3 is 2. The maximum absolute atomic E-state index is 12.1. The predicted octanol–water partition coefficient (Wildman–Crippen LogP) is 5.25. The van der Waals surface area contributed by atoms with Crippen molar-refractivity contribution in [3.05, 3.63) is 57.8 Å². The van der Waals surface area contributed by atoms with Crippen LogP contribution in [0.4, 0.5) is 0 Å². The molecule has 3 aromatic rings. The molecule has 0 saturated heterocycles. The van der Waals surface area contributed by atoms with Crippen LogP contribution in [0.2, 0.25) is 5.02 Å². The molecule has 1 heterocycles. The second-order valence-electron chi connectivity index (χ2n) is 6.59. The van der Waals surface area contributed by atoms with E-state index in [4.69, 9.17) is 30.2 Å². The predicted molar refractivity (Wildman–Crippen MR) is 118 cm³/mol. The fraction of sp³-hybridized carbons (Fsp3) is 0.304. The van der Waals surface area contributed by atoms with Gasteiger partial charge in [0, 0.05) is 29.3 Å². The highest BCUT2D eigenvalue weighted by atomic mass is 35.5. The Morgan fingerprint density at radius 1 is 1.17 bits per heavy atom. The van der Waals surface area contributed by atoms with Gasteiger partial charge in [-0.1, -0.05) is 17.7 Å². The van der Waals surface area contributed by atoms with E-state index < -0.39 is 5.97 Å². The number of halogens is 1. The fourth-order valence-corrected chi connectivity index (χ4v) is 3.54. The van der Waals surface area contributed by atoms with E-state index in [1.807, 2.05) is 24.3 Å². The quantitative estimate of drug-likeness (QED) is 0.361. The zero-order valence-corrected chi connectivity index (χ0v) is 18.2. The second kappa shape index (κ2) is 9.67. The summed E-state index contributed by atoms with van der Waals surface area (Å²) in [5.41, 5.74) is 3.06. The van der Waals surface area contributed by atoms with Gasteiger partial charge in [0.15, 0.2) is 11.5 Å². The maximum Gasteiger partial charge on any atom is 0.374 e. The van der Waals surface area contributed by atoms with Crippen LogP contribution in [0.1, 0.15) is 34.2 Å². The Labute approximate surface area is 180 Å². The highest BCUT2D eigenvalue weighted by molar-refractivity contribution is 6.38. The number of nitrogens with zero attached hydrogens (tertiary/aromatic N) is 1. The van der Waals surface area contributed by atoms with Gasteiger partial charge in [-0.2, -0.15) is 0 Å². The number of benzene rings is 2. The SMILES string of the molecule is CCOC(=O)c1oc2ccc(C=NCCc3ccc(OC)c(OC)c3)c(Cl)c2c1C. The third kappa shape index (κ3) is 4.44. The van der Waals surface area contributed by atoms with Crippen LogP contribution in [0.3, 0.4) is 0 Å². The van der Waals surface area contributed by atoms with Crippen molar-refractivity contribution >= 4 is 34.8 Å². The lowest BCUT2D eigenvalue weighted by molar-refractivity contribution is 0.0491. The number of esters is 1. The number of ether oxygens (including phenoxy) is 3. The van der Waals surface area contributed by atoms with Crippen molar-refractivity contribution in [2.45, 2.75) is 20.3 Å². The maximum atomic E-state index is 12.1. The lowest BCUT2D eigenvalue weighted by atomic mass is 10.1. The number of fused-ring (bicyclic) bond motifs is 1. The molecular formula is C23H24ClNO5. The molecular weight excluding hydrogens is 406 g/mol. The van der Waals surface area contributed by atoms with E-state index in [0.29, 0.717) is 39.6 Å². The van der Waals surface area contributed by atoms with Crippen molar-refractivity contribution < 1.29 is 23.4 Å². The normalized spacial score (nSPS) is 11.2. The van der Waals surface area contributed by atoms with Crippen molar-refractivity contribution in [3.8, 4) is 11.5 Å². The summed E-state index contributed by atoms with van der Waals surface area (Å²) in [5, 5.41) is 1.20. The number of hydrogen-bond donors (Lipinski definition) is 0. The van der Waals surface area contributed by atoms with Crippen LogP contribution in [0.5, 0.6) is 11.5 Å². The van der Waals surface area contributed by atoms with E-state index in [1.165, 1.54) is 0 Å². The summed E-state index contributed by atoms with van der Waals surface area (Å²) >= 11 is 6.58. The molecule has 0 aliphatic rings. The van der Waals surface area contributed by atoms with Gasteiger partial charge < -0.3 is 18.6 Å². The monoisotopic (exact) mass is 429 g/mol. The largest absolute Gasteiger partial charge is 0.493 e. The van der Waals surface area contributed by atoms with E-state index in [1.54, 1.807) is 40.3 Å². The van der Waals surface area contributed by atoms with Gasteiger partial charge in [-0.25, -0.2) is 4.79 Å². The summed E-state index contributed by atoms with van der Waals surface area (Å²) in [6.45, 7) is 4.41. The number of carbonyl (C=O) groups is 1. The highest BCUT2D eigenvalue weighted by Crippen LogP contribution is 2.34. The molecule has 0 aliphatic carbocycles. The molecule has 0 saturated carbocycles. The number of aryl methyl sites for hydroxylation is 1. The lowest BCUT2D eigenvalue weighted by Crippen LogP contribution is -2.04. The Kier molecular flexibility index (Phi) is 7.00. The first-order valence-electron chi connectivity index (χ1n) is 9.59. The molecule has 0 unspecified atom stereocenters. The molecule has 0 fully saturated rings. The molecule has 3 rings (SSSR count). The molecule has 0 bridgehead atoms. The molecule has 0 aliphatic heterocycles. The number of aliphatic imine (C=N–C) groups is 1. The van der Waals surface area contributed by atoms with Crippen LogP contribution in [0.25, 0.3) is 11.0 Å². The van der Waals surface area contributed by atoms with Crippen LogP contribution in [0.15, 0.2) is 39.7 Å². The third-order valence-electron chi connectivity index (χ3n) is 4.73. The van der Waals surface area contributed by atoms with Crippen LogP contribution in [-0.4, -0.2) is 39.6 Å². The topological polar surface area (TPSA) is 70.3 Å². The molecule has 0 N–H and O–H groups in total. The zero-order valence-electron chi connectivity index (χ0n) is 17.5. The summed E-state index contributed by atoms with van der Waals surface area (Å²) in [6, 6.07) is 9.42. The molecule has 0 radical (unpaired) electrons. The smallest absolute Gasteiger partial charge is 0.374 e. The van der Waals surface area contributed by atoms with Gasteiger partial charge in [-0.15, -0.1) is 0 Å². The first-order chi connectivity index (χ1) is 14.5. The second-order valence-corrected chi connectivity index (χ2v) is 6.97. The van der Waals surface area contributed by atoms with Gasteiger partial charge in [0.2, 0.25) is 5.76 Å². The van der Waals surface area contributed by atoms with Crippen LogP contribution in [0, 0.1) is 6.92 Å². The molecule has 30 heavy (non-hydrogen) atoms. The van der Waals surface area contributed by atoms with Gasteiger partial charge in [-0.05, 0) is 50.1 Å². The van der Waals surface area contributed by atoms with Crippen LogP contribution in [-0.2, 0) is 11.2 Å². The van der Waals surface area contributed by atoms with E-state index in [2.05, 4.69) is 4.99 Å². The minimum absolute atomic E-state index is 0.177. The van der Waals surface area contributed by atoms with E-state index >= 15 is 0 Å². The zero-order chi connectivity index (χ0) is 21.7. The minimum atomic E-state index is -0.493. The van der Waals surface area contributed by atoms with Crippen molar-refractivity contribution in [2.24, 2.45) is 4.99 Å². The Hall–Kier alpha value is -2.99. The molecule has 0 amide bonds. The first kappa shape index (κ1) is 21.7. The highest BCUT2D eigenvalue weighted by Gasteiger charge is 2.21. The molecule has 158 valence electrons. The lowest BCUT2D eigenvalue weighted by Gasteiger charge is -2.08. The summed E-state index contributed by atoms with van der Waals surface area (Å²) in [4.78, 5) is 16.6. The van der Waals surface area contributed by atoms with Gasteiger partial charge in [-0.3, -0.25) is 4.99 Å². The first-order valence-corrected chi connectivity index (χ1v) is 9.97. The van der Waals surface area contributed by atoms with E-state index in [-0.39, 0.29) is 12.4 Å². The fourth-order valence-electron chi connectivity index (χ4n) is 3.19. The number of hydrogen-bond acceptors (Lipinski definition) is 6. The number of furan rings is 1. The van der Waals surface area contributed by atoms with Crippen molar-refractivity contribution in [1.82, 2.24) is 0 Å². The van der Waals surface area contributed by atoms with Crippen LogP contribution >= 0.6 is 11.6 Å². The van der Waals surface area contributed by atoms with E-state index in [9.17, 15) is 4.79 Å². The molecule has 6 nitrogen and oxygen atoms in total. The number of carbonyl (C=O) groups excluding carboxylic acids is 1. The van der Waals surface area contributed by atoms with Gasteiger partial charge in [0.05, 0.1) is 25.8 Å². The van der Waals surface area contributed by atoms with Crippen LogP contribution < -0.4 is 9.47 Å². The summed E-state index contributed by atoms with van der Waals surface area (Å²) < 4.78 is 21.3. The van der Waals surface area contributed by atoms with Gasteiger partial charge in [0.1, 0.15) is 5.58 Å². The third-order valence-corrected chi connectivity index (χ3v) is 5.14. The Balaban J connectivity index is 1.76. The van der Waals surface area contributed by atoms with Crippen molar-refractivity contribution in [3.63, 3.8) is 0 Å². The minimum Gasteiger partial charge on any atom is -0.493 e. The summed E-state index contributed by atoms with van der Waals surface area (Å²) in [5.74, 6) is 1.08. The Morgan fingerprint density at radius 2 is 1.93 bits per heavy atom. The molecule has 1 aromatic heterocycles. The Morgan fingerprint density at radius 3 is 2.63 bits per heavy atom. The standard InChI is InChI=1S/C23H24ClNO5/c1-5-29-23(26)22-14(2)20-18(30-22)9-7-16(21(20)24)13-25-11-10-15-6-8-17(27-3)19(12-15)28-4/h6-9,12-13H,5,10-11H2,1-4H3. The van der Waals surface area contributed by atoms with E-state index in [0.717, 1.165) is 17.5 Å². The molecule has 2 aromatic carbocycles. The number of rotatable bonds is 8. The molecule has 0 atom stereocenters.